The average molecular weight is 380 g/mol. The van der Waals surface area contributed by atoms with Crippen LogP contribution in [0.15, 0.2) is 42.6 Å². The van der Waals surface area contributed by atoms with E-state index >= 15 is 0 Å². The molecule has 0 aliphatic rings. The molecule has 0 aliphatic carbocycles. The van der Waals surface area contributed by atoms with E-state index in [2.05, 4.69) is 20.3 Å². The third-order valence-electron chi connectivity index (χ3n) is 4.18. The van der Waals surface area contributed by atoms with E-state index in [9.17, 15) is 9.59 Å². The molecule has 0 saturated heterocycles. The predicted octanol–water partition coefficient (Wildman–Crippen LogP) is 1.70. The number of rotatable bonds is 5. The standard InChI is InChI=1S/C20H24N6O2/c1-14-21-18-10-9-17(13-26(18)23-14)22-19(27)20(28)25(4)12-16-7-5-15(6-8-16)11-24(2)3/h5-10,13H,11-12H2,1-4H3,(H,22,27). The van der Waals surface area contributed by atoms with Crippen molar-refractivity contribution in [1.82, 2.24) is 24.4 Å². The molecule has 0 saturated carbocycles. The first-order valence-electron chi connectivity index (χ1n) is 8.94. The number of hydrogen-bond donors (Lipinski definition) is 1. The molecule has 146 valence electrons. The van der Waals surface area contributed by atoms with Crippen LogP contribution in [-0.2, 0) is 22.7 Å². The maximum Gasteiger partial charge on any atom is 0.313 e. The van der Waals surface area contributed by atoms with Crippen LogP contribution < -0.4 is 5.32 Å². The highest BCUT2D eigenvalue weighted by atomic mass is 16.2. The molecule has 1 aromatic carbocycles. The van der Waals surface area contributed by atoms with Crippen LogP contribution in [0.1, 0.15) is 17.0 Å². The molecule has 0 aliphatic heterocycles. The van der Waals surface area contributed by atoms with Crippen LogP contribution in [0, 0.1) is 6.92 Å². The average Bonchev–Trinajstić information content (AvgIpc) is 3.01. The summed E-state index contributed by atoms with van der Waals surface area (Å²) in [5.74, 6) is -0.661. The summed E-state index contributed by atoms with van der Waals surface area (Å²) < 4.78 is 1.56. The molecular weight excluding hydrogens is 356 g/mol. The Hall–Kier alpha value is -3.26. The van der Waals surface area contributed by atoms with Crippen molar-refractivity contribution in [3.8, 4) is 0 Å². The molecule has 0 bridgehead atoms. The van der Waals surface area contributed by atoms with E-state index in [0.717, 1.165) is 12.1 Å². The number of nitrogens with zero attached hydrogens (tertiary/aromatic N) is 5. The second kappa shape index (κ2) is 8.18. The highest BCUT2D eigenvalue weighted by Crippen LogP contribution is 2.11. The molecule has 3 aromatic rings. The van der Waals surface area contributed by atoms with Gasteiger partial charge in [0.1, 0.15) is 5.82 Å². The van der Waals surface area contributed by atoms with E-state index in [-0.39, 0.29) is 0 Å². The van der Waals surface area contributed by atoms with Gasteiger partial charge in [-0.25, -0.2) is 9.50 Å². The number of carbonyl (C=O) groups is 2. The summed E-state index contributed by atoms with van der Waals surface area (Å²) in [5, 5.41) is 6.81. The zero-order chi connectivity index (χ0) is 20.3. The molecule has 8 heteroatoms. The zero-order valence-electron chi connectivity index (χ0n) is 16.5. The van der Waals surface area contributed by atoms with Crippen molar-refractivity contribution >= 4 is 23.1 Å². The fraction of sp³-hybridized carbons (Fsp3) is 0.300. The van der Waals surface area contributed by atoms with E-state index in [4.69, 9.17) is 0 Å². The fourth-order valence-corrected chi connectivity index (χ4v) is 2.89. The van der Waals surface area contributed by atoms with Gasteiger partial charge in [0.2, 0.25) is 0 Å². The van der Waals surface area contributed by atoms with E-state index in [1.54, 1.807) is 36.8 Å². The van der Waals surface area contributed by atoms with E-state index in [0.29, 0.717) is 23.7 Å². The molecule has 2 amide bonds. The molecule has 2 heterocycles. The van der Waals surface area contributed by atoms with E-state index < -0.39 is 11.8 Å². The quantitative estimate of drug-likeness (QED) is 0.681. The number of fused-ring (bicyclic) bond motifs is 1. The van der Waals surface area contributed by atoms with Gasteiger partial charge in [-0.1, -0.05) is 24.3 Å². The van der Waals surface area contributed by atoms with Crippen LogP contribution in [0.25, 0.3) is 5.65 Å². The molecule has 28 heavy (non-hydrogen) atoms. The van der Waals surface area contributed by atoms with Gasteiger partial charge in [-0.3, -0.25) is 9.59 Å². The van der Waals surface area contributed by atoms with Crippen molar-refractivity contribution in [2.45, 2.75) is 20.0 Å². The van der Waals surface area contributed by atoms with Gasteiger partial charge in [-0.05, 0) is 44.3 Å². The predicted molar refractivity (Wildman–Crippen MR) is 107 cm³/mol. The Balaban J connectivity index is 1.60. The van der Waals surface area contributed by atoms with Gasteiger partial charge in [-0.2, -0.15) is 5.10 Å². The second-order valence-corrected chi connectivity index (χ2v) is 7.05. The van der Waals surface area contributed by atoms with Gasteiger partial charge >= 0.3 is 11.8 Å². The topological polar surface area (TPSA) is 82.8 Å². The summed E-state index contributed by atoms with van der Waals surface area (Å²) in [7, 11) is 5.64. The first-order valence-corrected chi connectivity index (χ1v) is 8.94. The highest BCUT2D eigenvalue weighted by Gasteiger charge is 2.19. The Morgan fingerprint density at radius 2 is 1.64 bits per heavy atom. The molecule has 0 fully saturated rings. The number of aryl methyl sites for hydroxylation is 1. The minimum Gasteiger partial charge on any atom is -0.333 e. The largest absolute Gasteiger partial charge is 0.333 e. The number of hydrogen-bond acceptors (Lipinski definition) is 5. The number of aromatic nitrogens is 3. The van der Waals surface area contributed by atoms with E-state index in [1.807, 2.05) is 38.4 Å². The van der Waals surface area contributed by atoms with Gasteiger partial charge in [0.25, 0.3) is 0 Å². The molecule has 0 spiro atoms. The van der Waals surface area contributed by atoms with Crippen molar-refractivity contribution in [3.05, 3.63) is 59.5 Å². The lowest BCUT2D eigenvalue weighted by atomic mass is 10.1. The van der Waals surface area contributed by atoms with Crippen molar-refractivity contribution in [2.75, 3.05) is 26.5 Å². The maximum atomic E-state index is 12.4. The fourth-order valence-electron chi connectivity index (χ4n) is 2.89. The lowest BCUT2D eigenvalue weighted by Gasteiger charge is -2.17. The van der Waals surface area contributed by atoms with Gasteiger partial charge in [0, 0.05) is 20.1 Å². The minimum atomic E-state index is -0.692. The highest BCUT2D eigenvalue weighted by molar-refractivity contribution is 6.39. The van der Waals surface area contributed by atoms with Crippen LogP contribution in [0.3, 0.4) is 0 Å². The molecular formula is C20H24N6O2. The molecule has 2 aromatic heterocycles. The third-order valence-corrected chi connectivity index (χ3v) is 4.18. The molecule has 0 atom stereocenters. The van der Waals surface area contributed by atoms with Crippen LogP contribution in [0.4, 0.5) is 5.69 Å². The van der Waals surface area contributed by atoms with Crippen LogP contribution in [-0.4, -0.2) is 57.4 Å². The van der Waals surface area contributed by atoms with Gasteiger partial charge in [0.05, 0.1) is 11.9 Å². The number of nitrogens with one attached hydrogen (secondary N) is 1. The number of anilines is 1. The number of carbonyl (C=O) groups excluding carboxylic acids is 2. The van der Waals surface area contributed by atoms with Crippen molar-refractivity contribution in [3.63, 3.8) is 0 Å². The van der Waals surface area contributed by atoms with Gasteiger partial charge < -0.3 is 15.1 Å². The molecule has 0 radical (unpaired) electrons. The van der Waals surface area contributed by atoms with Crippen LogP contribution >= 0.6 is 0 Å². The van der Waals surface area contributed by atoms with Gasteiger partial charge in [0.15, 0.2) is 5.65 Å². The first-order chi connectivity index (χ1) is 13.3. The van der Waals surface area contributed by atoms with Crippen LogP contribution in [0.5, 0.6) is 0 Å². The number of amides is 2. The monoisotopic (exact) mass is 380 g/mol. The van der Waals surface area contributed by atoms with Gasteiger partial charge in [-0.15, -0.1) is 0 Å². The third kappa shape index (κ3) is 4.72. The molecule has 3 rings (SSSR count). The first kappa shape index (κ1) is 19.5. The molecule has 8 nitrogen and oxygen atoms in total. The summed E-state index contributed by atoms with van der Waals surface area (Å²) in [6, 6.07) is 11.4. The number of pyridine rings is 1. The Labute approximate surface area is 163 Å². The van der Waals surface area contributed by atoms with E-state index in [1.165, 1.54) is 10.5 Å². The maximum absolute atomic E-state index is 12.4. The minimum absolute atomic E-state index is 0.357. The summed E-state index contributed by atoms with van der Waals surface area (Å²) in [5.41, 5.74) is 3.32. The Bertz CT molecular complexity index is 994. The lowest BCUT2D eigenvalue weighted by Crippen LogP contribution is -2.36. The Morgan fingerprint density at radius 1 is 1.00 bits per heavy atom. The summed E-state index contributed by atoms with van der Waals surface area (Å²) in [4.78, 5) is 32.4. The number of benzene rings is 1. The molecule has 1 N–H and O–H groups in total. The lowest BCUT2D eigenvalue weighted by molar-refractivity contribution is -0.142. The normalized spacial score (nSPS) is 11.0. The number of likely N-dealkylation sites (N-methyl/N-ethyl adjacent to an activating group) is 1. The second-order valence-electron chi connectivity index (χ2n) is 7.05. The smallest absolute Gasteiger partial charge is 0.313 e. The van der Waals surface area contributed by atoms with Crippen molar-refractivity contribution in [1.29, 1.82) is 0 Å². The molecule has 0 unspecified atom stereocenters. The summed E-state index contributed by atoms with van der Waals surface area (Å²) >= 11 is 0. The van der Waals surface area contributed by atoms with Crippen molar-refractivity contribution in [2.24, 2.45) is 0 Å². The van der Waals surface area contributed by atoms with Crippen molar-refractivity contribution < 1.29 is 9.59 Å². The Kier molecular flexibility index (Phi) is 5.70. The zero-order valence-corrected chi connectivity index (χ0v) is 16.5. The SMILES string of the molecule is Cc1nc2ccc(NC(=O)C(=O)N(C)Cc3ccc(CN(C)C)cc3)cn2n1. The summed E-state index contributed by atoms with van der Waals surface area (Å²) in [6.07, 6.45) is 1.63. The Morgan fingerprint density at radius 3 is 2.29 bits per heavy atom. The van der Waals surface area contributed by atoms with Crippen LogP contribution in [0.2, 0.25) is 0 Å². The summed E-state index contributed by atoms with van der Waals surface area (Å²) in [6.45, 7) is 3.00.